The Kier molecular flexibility index (Phi) is 14.1. The van der Waals surface area contributed by atoms with Crippen molar-refractivity contribution in [1.29, 1.82) is 0 Å². The molecule has 0 bridgehead atoms. The van der Waals surface area contributed by atoms with Gasteiger partial charge in [0.05, 0.1) is 5.56 Å². The first-order chi connectivity index (χ1) is 14.0. The van der Waals surface area contributed by atoms with Crippen molar-refractivity contribution in [3.05, 3.63) is 35.9 Å². The number of halogens is 2. The van der Waals surface area contributed by atoms with Gasteiger partial charge < -0.3 is 4.74 Å². The number of carbonyl (C=O) groups excluding carboxylic acids is 2. The molecule has 0 aliphatic carbocycles. The molecule has 1 rings (SSSR count). The molecule has 0 aliphatic rings. The van der Waals surface area contributed by atoms with Gasteiger partial charge in [-0.3, -0.25) is 4.79 Å². The van der Waals surface area contributed by atoms with Gasteiger partial charge in [-0.05, 0) is 25.0 Å². The monoisotopic (exact) mass is 442 g/mol. The molecule has 0 atom stereocenters. The van der Waals surface area contributed by atoms with E-state index in [9.17, 15) is 9.59 Å². The molecule has 1 aromatic rings. The summed E-state index contributed by atoms with van der Waals surface area (Å²) >= 11 is 12.3. The van der Waals surface area contributed by atoms with Gasteiger partial charge in [-0.15, -0.1) is 0 Å². The van der Waals surface area contributed by atoms with Crippen LogP contribution < -0.4 is 0 Å². The van der Waals surface area contributed by atoms with E-state index in [-0.39, 0.29) is 0 Å². The van der Waals surface area contributed by atoms with Gasteiger partial charge in [0.15, 0.2) is 10.9 Å². The molecule has 0 saturated heterocycles. The predicted octanol–water partition coefficient (Wildman–Crippen LogP) is 7.68. The average molecular weight is 443 g/mol. The van der Waals surface area contributed by atoms with E-state index in [1.165, 1.54) is 57.8 Å². The first kappa shape index (κ1) is 26.0. The number of carbonyl (C=O) groups is 2. The van der Waals surface area contributed by atoms with Gasteiger partial charge in [-0.25, -0.2) is 4.79 Å². The lowest BCUT2D eigenvalue weighted by atomic mass is 10.0. The molecule has 0 unspecified atom stereocenters. The summed E-state index contributed by atoms with van der Waals surface area (Å²) in [5, 5.41) is 0. The van der Waals surface area contributed by atoms with Crippen molar-refractivity contribution < 1.29 is 14.3 Å². The third-order valence-corrected chi connectivity index (χ3v) is 5.90. The highest BCUT2D eigenvalue weighted by Crippen LogP contribution is 2.29. The number of rotatable bonds is 17. The number of Topliss-reactive ketones (excluding diaryl/α,β-unsaturated/α-hetero) is 1. The zero-order valence-corrected chi connectivity index (χ0v) is 19.3. The Balaban J connectivity index is 2.06. The highest BCUT2D eigenvalue weighted by molar-refractivity contribution is 6.58. The summed E-state index contributed by atoms with van der Waals surface area (Å²) in [6.45, 7) is 1.84. The van der Waals surface area contributed by atoms with Crippen LogP contribution in [0.15, 0.2) is 30.3 Å². The van der Waals surface area contributed by atoms with Crippen LogP contribution in [-0.2, 0) is 9.53 Å². The lowest BCUT2D eigenvalue weighted by molar-refractivity contribution is -0.122. The third kappa shape index (κ3) is 12.3. The smallest absolute Gasteiger partial charge is 0.338 e. The van der Waals surface area contributed by atoms with E-state index >= 15 is 0 Å². The van der Waals surface area contributed by atoms with Crippen molar-refractivity contribution in [2.45, 2.75) is 94.7 Å². The summed E-state index contributed by atoms with van der Waals surface area (Å²) in [7, 11) is 0. The van der Waals surface area contributed by atoms with Crippen LogP contribution in [0.3, 0.4) is 0 Å². The van der Waals surface area contributed by atoms with Crippen molar-refractivity contribution in [2.75, 3.05) is 6.61 Å². The highest BCUT2D eigenvalue weighted by Gasteiger charge is 2.33. The fourth-order valence-corrected chi connectivity index (χ4v) is 3.60. The lowest BCUT2D eigenvalue weighted by Crippen LogP contribution is -2.31. The zero-order chi connectivity index (χ0) is 21.4. The van der Waals surface area contributed by atoms with Gasteiger partial charge in [0, 0.05) is 0 Å². The molecule has 0 saturated carbocycles. The molecule has 0 N–H and O–H groups in total. The molecule has 5 heteroatoms. The van der Waals surface area contributed by atoms with E-state index in [1.807, 2.05) is 0 Å². The quantitative estimate of drug-likeness (QED) is 0.141. The molecule has 164 valence electrons. The summed E-state index contributed by atoms with van der Waals surface area (Å²) in [6.07, 6.45) is 15.2. The van der Waals surface area contributed by atoms with E-state index in [0.29, 0.717) is 12.0 Å². The van der Waals surface area contributed by atoms with Crippen LogP contribution in [0, 0.1) is 0 Å². The minimum absolute atomic E-state index is 0.384. The second-order valence-corrected chi connectivity index (χ2v) is 9.19. The summed E-state index contributed by atoms with van der Waals surface area (Å²) in [4.78, 5) is 24.1. The summed E-state index contributed by atoms with van der Waals surface area (Å²) in [5.74, 6) is -1.01. The van der Waals surface area contributed by atoms with Crippen LogP contribution >= 0.6 is 23.2 Å². The van der Waals surface area contributed by atoms with Crippen LogP contribution in [-0.4, -0.2) is 22.7 Å². The number of ether oxygens (including phenoxy) is 1. The number of alkyl halides is 2. The van der Waals surface area contributed by atoms with E-state index in [1.54, 1.807) is 30.3 Å². The molecule has 0 spiro atoms. The Hall–Kier alpha value is -1.06. The molecule has 1 aromatic carbocycles. The summed E-state index contributed by atoms with van der Waals surface area (Å²) < 4.78 is 3.54. The van der Waals surface area contributed by atoms with Crippen molar-refractivity contribution in [3.8, 4) is 0 Å². The summed E-state index contributed by atoms with van der Waals surface area (Å²) in [5.41, 5.74) is 0.399. The number of benzene rings is 1. The molecular formula is C24H36Cl2O3. The molecule has 29 heavy (non-hydrogen) atoms. The van der Waals surface area contributed by atoms with Gasteiger partial charge in [-0.2, -0.15) is 0 Å². The van der Waals surface area contributed by atoms with Crippen molar-refractivity contribution in [1.82, 2.24) is 0 Å². The minimum Gasteiger partial charge on any atom is -0.454 e. The highest BCUT2D eigenvalue weighted by atomic mass is 35.5. The number of unbranched alkanes of at least 4 members (excludes halogenated alkanes) is 11. The van der Waals surface area contributed by atoms with E-state index < -0.39 is 22.7 Å². The van der Waals surface area contributed by atoms with Crippen molar-refractivity contribution in [3.63, 3.8) is 0 Å². The topological polar surface area (TPSA) is 43.4 Å². The number of hydrogen-bond donors (Lipinski definition) is 0. The molecule has 0 aliphatic heterocycles. The average Bonchev–Trinajstić information content (AvgIpc) is 2.73. The van der Waals surface area contributed by atoms with Crippen LogP contribution in [0.1, 0.15) is 101 Å². The largest absolute Gasteiger partial charge is 0.454 e. The van der Waals surface area contributed by atoms with Crippen LogP contribution in [0.5, 0.6) is 0 Å². The standard InChI is InChI=1S/C24H36Cl2O3/c1-2-3-4-5-6-7-8-9-10-11-12-16-19-24(25,26)22(27)20-29-23(28)21-17-14-13-15-18-21/h13-15,17-18H,2-12,16,19-20H2,1H3. The Labute approximate surface area is 186 Å². The van der Waals surface area contributed by atoms with Gasteiger partial charge in [0.2, 0.25) is 5.78 Å². The Morgan fingerprint density at radius 3 is 1.79 bits per heavy atom. The van der Waals surface area contributed by atoms with Gasteiger partial charge >= 0.3 is 5.97 Å². The number of esters is 1. The van der Waals surface area contributed by atoms with E-state index in [4.69, 9.17) is 27.9 Å². The Morgan fingerprint density at radius 1 is 0.793 bits per heavy atom. The third-order valence-electron chi connectivity index (χ3n) is 5.10. The second-order valence-electron chi connectivity index (χ2n) is 7.71. The molecule has 0 radical (unpaired) electrons. The minimum atomic E-state index is -1.49. The maximum Gasteiger partial charge on any atom is 0.338 e. The SMILES string of the molecule is CCCCCCCCCCCCCCC(Cl)(Cl)C(=O)COC(=O)c1ccccc1. The second kappa shape index (κ2) is 15.7. The van der Waals surface area contributed by atoms with E-state index in [0.717, 1.165) is 19.3 Å². The maximum absolute atomic E-state index is 12.2. The normalized spacial score (nSPS) is 11.4. The predicted molar refractivity (Wildman–Crippen MR) is 122 cm³/mol. The fraction of sp³-hybridized carbons (Fsp3) is 0.667. The molecule has 0 aromatic heterocycles. The maximum atomic E-state index is 12.2. The Morgan fingerprint density at radius 2 is 1.28 bits per heavy atom. The molecular weight excluding hydrogens is 407 g/mol. The van der Waals surface area contributed by atoms with Gasteiger partial charge in [0.1, 0.15) is 0 Å². The first-order valence-corrected chi connectivity index (χ1v) is 11.9. The fourth-order valence-electron chi connectivity index (χ4n) is 3.22. The molecule has 3 nitrogen and oxygen atoms in total. The number of ketones is 1. The first-order valence-electron chi connectivity index (χ1n) is 11.1. The molecule has 0 heterocycles. The number of hydrogen-bond acceptors (Lipinski definition) is 3. The van der Waals surface area contributed by atoms with Crippen molar-refractivity contribution >= 4 is 35.0 Å². The van der Waals surface area contributed by atoms with Crippen LogP contribution in [0.4, 0.5) is 0 Å². The molecule has 0 amide bonds. The van der Waals surface area contributed by atoms with E-state index in [2.05, 4.69) is 6.92 Å². The van der Waals surface area contributed by atoms with Crippen molar-refractivity contribution in [2.24, 2.45) is 0 Å². The van der Waals surface area contributed by atoms with Crippen LogP contribution in [0.2, 0.25) is 0 Å². The Bertz CT molecular complexity index is 573. The lowest BCUT2D eigenvalue weighted by Gasteiger charge is -2.18. The molecule has 0 fully saturated rings. The zero-order valence-electron chi connectivity index (χ0n) is 17.8. The van der Waals surface area contributed by atoms with Crippen LogP contribution in [0.25, 0.3) is 0 Å². The van der Waals surface area contributed by atoms with Gasteiger partial charge in [-0.1, -0.05) is 119 Å². The summed E-state index contributed by atoms with van der Waals surface area (Å²) in [6, 6.07) is 8.54. The van der Waals surface area contributed by atoms with Gasteiger partial charge in [0.25, 0.3) is 0 Å².